The zero-order valence-electron chi connectivity index (χ0n) is 7.34. The maximum atomic E-state index is 9.15. The van der Waals surface area contributed by atoms with Gasteiger partial charge in [-0.2, -0.15) is 0 Å². The number of nitrogens with two attached hydrogens (primary N) is 1. The highest BCUT2D eigenvalue weighted by Gasteiger charge is 2.41. The van der Waals surface area contributed by atoms with E-state index in [0.717, 1.165) is 25.7 Å². The van der Waals surface area contributed by atoms with Crippen LogP contribution in [0, 0.1) is 5.41 Å². The van der Waals surface area contributed by atoms with Crippen LogP contribution in [0.25, 0.3) is 0 Å². The molecule has 0 aromatic rings. The Bertz CT molecular complexity index is 115. The first kappa shape index (κ1) is 9.01. The van der Waals surface area contributed by atoms with Gasteiger partial charge in [-0.15, -0.1) is 0 Å². The minimum absolute atomic E-state index is 0.107. The number of aliphatic hydroxyl groups excluding tert-OH is 1. The van der Waals surface area contributed by atoms with Gasteiger partial charge in [-0.25, -0.2) is 0 Å². The van der Waals surface area contributed by atoms with E-state index in [0.29, 0.717) is 0 Å². The Hall–Kier alpha value is -0.0800. The van der Waals surface area contributed by atoms with Crippen molar-refractivity contribution < 1.29 is 5.11 Å². The van der Waals surface area contributed by atoms with Gasteiger partial charge in [-0.3, -0.25) is 0 Å². The fourth-order valence-corrected chi connectivity index (χ4v) is 1.89. The molecule has 2 nitrogen and oxygen atoms in total. The zero-order chi connectivity index (χ0) is 8.32. The highest BCUT2D eigenvalue weighted by molar-refractivity contribution is 4.95. The fourth-order valence-electron chi connectivity index (χ4n) is 1.89. The molecule has 0 aromatic carbocycles. The summed E-state index contributed by atoms with van der Waals surface area (Å²) < 4.78 is 0. The molecule has 0 saturated heterocycles. The number of rotatable bonds is 4. The minimum Gasteiger partial charge on any atom is -0.396 e. The quantitative estimate of drug-likeness (QED) is 0.645. The van der Waals surface area contributed by atoms with Crippen LogP contribution in [0.4, 0.5) is 0 Å². The van der Waals surface area contributed by atoms with Crippen molar-refractivity contribution in [3.8, 4) is 0 Å². The van der Waals surface area contributed by atoms with Gasteiger partial charge in [0, 0.05) is 11.5 Å². The third-order valence-electron chi connectivity index (χ3n) is 3.05. The van der Waals surface area contributed by atoms with E-state index < -0.39 is 0 Å². The molecule has 0 aliphatic heterocycles. The summed E-state index contributed by atoms with van der Waals surface area (Å²) in [5, 5.41) is 9.15. The molecule has 1 aliphatic carbocycles. The summed E-state index contributed by atoms with van der Waals surface area (Å²) in [6, 6.07) is 0.228. The summed E-state index contributed by atoms with van der Waals surface area (Å²) in [6.45, 7) is 2.43. The first-order valence-electron chi connectivity index (χ1n) is 4.61. The summed E-state index contributed by atoms with van der Waals surface area (Å²) in [6.07, 6.45) is 5.69. The Balaban J connectivity index is 2.40. The van der Waals surface area contributed by atoms with E-state index in [9.17, 15) is 0 Å². The van der Waals surface area contributed by atoms with Crippen LogP contribution in [-0.4, -0.2) is 17.8 Å². The lowest BCUT2D eigenvalue weighted by Crippen LogP contribution is -2.49. The van der Waals surface area contributed by atoms with Gasteiger partial charge in [0.15, 0.2) is 0 Å². The number of hydrogen-bond acceptors (Lipinski definition) is 2. The van der Waals surface area contributed by atoms with Gasteiger partial charge < -0.3 is 10.8 Å². The maximum Gasteiger partial charge on any atom is 0.0502 e. The first-order chi connectivity index (χ1) is 5.25. The van der Waals surface area contributed by atoms with Crippen molar-refractivity contribution in [2.45, 2.75) is 45.1 Å². The van der Waals surface area contributed by atoms with Gasteiger partial charge >= 0.3 is 0 Å². The van der Waals surface area contributed by atoms with Gasteiger partial charge in [0.2, 0.25) is 0 Å². The molecule has 1 unspecified atom stereocenters. The van der Waals surface area contributed by atoms with Gasteiger partial charge in [0.25, 0.3) is 0 Å². The Labute approximate surface area is 68.8 Å². The lowest BCUT2D eigenvalue weighted by molar-refractivity contribution is 0.0164. The Morgan fingerprint density at radius 3 is 2.45 bits per heavy atom. The van der Waals surface area contributed by atoms with Crippen LogP contribution in [0.15, 0.2) is 0 Å². The molecule has 1 fully saturated rings. The summed E-state index contributed by atoms with van der Waals surface area (Å²) >= 11 is 0. The standard InChI is InChI=1S/C9H19NO/c1-2-4-8(10)9(7-11)5-3-6-9/h8,11H,2-7,10H2,1H3. The molecule has 1 saturated carbocycles. The topological polar surface area (TPSA) is 46.2 Å². The predicted octanol–water partition coefficient (Wildman–Crippen LogP) is 1.28. The zero-order valence-corrected chi connectivity index (χ0v) is 7.34. The van der Waals surface area contributed by atoms with Gasteiger partial charge in [0.1, 0.15) is 0 Å². The molecule has 1 rings (SSSR count). The Morgan fingerprint density at radius 1 is 1.55 bits per heavy atom. The average molecular weight is 157 g/mol. The maximum absolute atomic E-state index is 9.15. The molecule has 0 spiro atoms. The lowest BCUT2D eigenvalue weighted by Gasteiger charge is -2.45. The van der Waals surface area contributed by atoms with Crippen LogP contribution in [0.3, 0.4) is 0 Å². The molecule has 0 amide bonds. The highest BCUT2D eigenvalue weighted by Crippen LogP contribution is 2.43. The third kappa shape index (κ3) is 1.57. The van der Waals surface area contributed by atoms with Crippen LogP contribution in [-0.2, 0) is 0 Å². The average Bonchev–Trinajstić information content (AvgIpc) is 1.87. The Kier molecular flexibility index (Phi) is 2.90. The second-order valence-electron chi connectivity index (χ2n) is 3.77. The molecule has 0 heterocycles. The molecule has 1 aliphatic rings. The smallest absolute Gasteiger partial charge is 0.0502 e. The molecule has 66 valence electrons. The van der Waals surface area contributed by atoms with E-state index in [4.69, 9.17) is 10.8 Å². The van der Waals surface area contributed by atoms with E-state index in [1.54, 1.807) is 0 Å². The second kappa shape index (κ2) is 3.55. The van der Waals surface area contributed by atoms with Gasteiger partial charge in [-0.05, 0) is 19.3 Å². The summed E-state index contributed by atoms with van der Waals surface area (Å²) in [7, 11) is 0. The lowest BCUT2D eigenvalue weighted by atomic mass is 9.64. The molecule has 0 bridgehead atoms. The Morgan fingerprint density at radius 2 is 2.18 bits per heavy atom. The number of hydrogen-bond donors (Lipinski definition) is 2. The summed E-state index contributed by atoms with van der Waals surface area (Å²) in [4.78, 5) is 0. The van der Waals surface area contributed by atoms with E-state index >= 15 is 0 Å². The third-order valence-corrected chi connectivity index (χ3v) is 3.05. The SMILES string of the molecule is CCCC(N)C1(CO)CCC1. The molecule has 0 radical (unpaired) electrons. The molecular weight excluding hydrogens is 138 g/mol. The van der Waals surface area contributed by atoms with Crippen molar-refractivity contribution in [2.75, 3.05) is 6.61 Å². The van der Waals surface area contributed by atoms with Gasteiger partial charge in [0.05, 0.1) is 6.61 Å². The van der Waals surface area contributed by atoms with Crippen LogP contribution in [0.5, 0.6) is 0 Å². The predicted molar refractivity (Wildman–Crippen MR) is 46.3 cm³/mol. The van der Waals surface area contributed by atoms with Crippen molar-refractivity contribution in [3.63, 3.8) is 0 Å². The molecule has 0 aromatic heterocycles. The van der Waals surface area contributed by atoms with Gasteiger partial charge in [-0.1, -0.05) is 19.8 Å². The van der Waals surface area contributed by atoms with Crippen molar-refractivity contribution in [1.82, 2.24) is 0 Å². The van der Waals surface area contributed by atoms with Crippen LogP contribution >= 0.6 is 0 Å². The van der Waals surface area contributed by atoms with E-state index in [-0.39, 0.29) is 18.1 Å². The molecule has 3 N–H and O–H groups in total. The largest absolute Gasteiger partial charge is 0.396 e. The monoisotopic (exact) mass is 157 g/mol. The van der Waals surface area contributed by atoms with E-state index in [1.807, 2.05) is 0 Å². The van der Waals surface area contributed by atoms with E-state index in [1.165, 1.54) is 6.42 Å². The summed E-state index contributed by atoms with van der Waals surface area (Å²) in [5.74, 6) is 0. The van der Waals surface area contributed by atoms with Crippen molar-refractivity contribution in [1.29, 1.82) is 0 Å². The molecular formula is C9H19NO. The summed E-state index contributed by atoms with van der Waals surface area (Å²) in [5.41, 5.74) is 6.08. The van der Waals surface area contributed by atoms with Crippen LogP contribution in [0.1, 0.15) is 39.0 Å². The van der Waals surface area contributed by atoms with Crippen molar-refractivity contribution in [2.24, 2.45) is 11.1 Å². The van der Waals surface area contributed by atoms with Crippen molar-refractivity contribution in [3.05, 3.63) is 0 Å². The molecule has 1 atom stereocenters. The van der Waals surface area contributed by atoms with Crippen LogP contribution in [0.2, 0.25) is 0 Å². The first-order valence-corrected chi connectivity index (χ1v) is 4.61. The fraction of sp³-hybridized carbons (Fsp3) is 1.00. The minimum atomic E-state index is 0.107. The highest BCUT2D eigenvalue weighted by atomic mass is 16.3. The van der Waals surface area contributed by atoms with Crippen molar-refractivity contribution >= 4 is 0 Å². The second-order valence-corrected chi connectivity index (χ2v) is 3.77. The molecule has 11 heavy (non-hydrogen) atoms. The van der Waals surface area contributed by atoms with Crippen LogP contribution < -0.4 is 5.73 Å². The molecule has 2 heteroatoms. The number of aliphatic hydroxyl groups is 1. The van der Waals surface area contributed by atoms with E-state index in [2.05, 4.69) is 6.92 Å². The normalized spacial score (nSPS) is 24.3.